The van der Waals surface area contributed by atoms with Gasteiger partial charge in [-0.1, -0.05) is 108 Å². The van der Waals surface area contributed by atoms with Crippen molar-refractivity contribution in [3.8, 4) is 0 Å². The monoisotopic (exact) mass is 438 g/mol. The molecule has 0 saturated heterocycles. The lowest BCUT2D eigenvalue weighted by atomic mass is 10.1. The van der Waals surface area contributed by atoms with E-state index in [-0.39, 0.29) is 0 Å². The van der Waals surface area contributed by atoms with E-state index in [1.165, 1.54) is 34.4 Å². The van der Waals surface area contributed by atoms with Crippen molar-refractivity contribution in [2.45, 2.75) is 57.3 Å². The Labute approximate surface area is 166 Å². The van der Waals surface area contributed by atoms with Crippen molar-refractivity contribution >= 4 is 79.6 Å². The number of rotatable bonds is 10. The van der Waals surface area contributed by atoms with Crippen LogP contribution in [0.5, 0.6) is 0 Å². The van der Waals surface area contributed by atoms with Crippen molar-refractivity contribution in [2.24, 2.45) is 0 Å². The molecule has 0 aliphatic rings. The van der Waals surface area contributed by atoms with Crippen LogP contribution in [-0.4, -0.2) is 13.4 Å². The van der Waals surface area contributed by atoms with E-state index < -0.39 is 13.4 Å². The van der Waals surface area contributed by atoms with Crippen molar-refractivity contribution in [2.75, 3.05) is 0 Å². The molecule has 1 aromatic carbocycles. The van der Waals surface area contributed by atoms with Crippen LogP contribution < -0.4 is 0 Å². The van der Waals surface area contributed by atoms with Gasteiger partial charge in [-0.05, 0) is 29.3 Å². The summed E-state index contributed by atoms with van der Waals surface area (Å²) < 4.78 is -2.84. The minimum Gasteiger partial charge on any atom is -0.120 e. The second kappa shape index (κ2) is 10.4. The summed E-state index contributed by atoms with van der Waals surface area (Å²) in [5.41, 5.74) is 0. The first kappa shape index (κ1) is 21.4. The minimum absolute atomic E-state index is 0.508. The number of halogens is 5. The zero-order valence-corrected chi connectivity index (χ0v) is 17.6. The SMILES string of the molecule is CCCCCCC(Cl)C(Cl)(Cl)C(Cl)(Cl)SSc1ccccc1. The molecule has 0 spiro atoms. The molecular formula is C15H19Cl5S2. The molecule has 0 saturated carbocycles. The predicted octanol–water partition coefficient (Wildman–Crippen LogP) is 8.31. The molecule has 1 aromatic rings. The molecule has 126 valence electrons. The fourth-order valence-corrected chi connectivity index (χ4v) is 5.85. The molecule has 0 nitrogen and oxygen atoms in total. The summed E-state index contributed by atoms with van der Waals surface area (Å²) in [6.07, 6.45) is 5.09. The largest absolute Gasteiger partial charge is 0.207 e. The standard InChI is InChI=1S/C15H19Cl5S2/c1-2-3-4-8-11-13(16)14(17,18)15(19,20)22-21-12-9-6-5-7-10-12/h5-7,9-10,13H,2-4,8,11H2,1H3. The zero-order valence-electron chi connectivity index (χ0n) is 12.2. The number of unbranched alkanes of at least 4 members (excludes halogenated alkanes) is 3. The fraction of sp³-hybridized carbons (Fsp3) is 0.600. The number of alkyl halides is 5. The van der Waals surface area contributed by atoms with E-state index in [9.17, 15) is 0 Å². The van der Waals surface area contributed by atoms with E-state index in [4.69, 9.17) is 58.0 Å². The lowest BCUT2D eigenvalue weighted by Gasteiger charge is -2.35. The Kier molecular flexibility index (Phi) is 10.1. The van der Waals surface area contributed by atoms with Crippen LogP contribution in [0.3, 0.4) is 0 Å². The van der Waals surface area contributed by atoms with Crippen molar-refractivity contribution in [3.05, 3.63) is 30.3 Å². The fourth-order valence-electron chi connectivity index (χ4n) is 1.75. The maximum absolute atomic E-state index is 6.39. The maximum atomic E-state index is 6.39. The van der Waals surface area contributed by atoms with Gasteiger partial charge in [0.25, 0.3) is 0 Å². The Morgan fingerprint density at radius 3 is 2.23 bits per heavy atom. The Balaban J connectivity index is 2.55. The van der Waals surface area contributed by atoms with E-state index in [1.807, 2.05) is 30.3 Å². The summed E-state index contributed by atoms with van der Waals surface area (Å²) in [5, 5.41) is -0.508. The molecule has 0 aliphatic heterocycles. The molecule has 1 rings (SSSR count). The highest BCUT2D eigenvalue weighted by Crippen LogP contribution is 2.58. The summed E-state index contributed by atoms with van der Waals surface area (Å²) in [5.74, 6) is 0. The molecule has 0 bridgehead atoms. The Morgan fingerprint density at radius 2 is 1.64 bits per heavy atom. The van der Waals surface area contributed by atoms with Crippen LogP contribution in [-0.2, 0) is 0 Å². The first-order valence-electron chi connectivity index (χ1n) is 7.11. The molecule has 0 amide bonds. The third-order valence-corrected chi connectivity index (χ3v) is 9.82. The average Bonchev–Trinajstić information content (AvgIpc) is 2.50. The minimum atomic E-state index is -1.43. The predicted molar refractivity (Wildman–Crippen MR) is 107 cm³/mol. The lowest BCUT2D eigenvalue weighted by Crippen LogP contribution is -2.41. The molecular weight excluding hydrogens is 422 g/mol. The van der Waals surface area contributed by atoms with E-state index in [0.717, 1.165) is 17.7 Å². The smallest absolute Gasteiger partial charge is 0.120 e. The summed E-state index contributed by atoms with van der Waals surface area (Å²) in [4.78, 5) is 1.02. The van der Waals surface area contributed by atoms with E-state index in [1.54, 1.807) is 0 Å². The van der Waals surface area contributed by atoms with Crippen molar-refractivity contribution < 1.29 is 0 Å². The van der Waals surface area contributed by atoms with Gasteiger partial charge in [0.05, 0.1) is 5.38 Å². The van der Waals surface area contributed by atoms with Crippen molar-refractivity contribution in [1.82, 2.24) is 0 Å². The van der Waals surface area contributed by atoms with Crippen LogP contribution in [0.15, 0.2) is 35.2 Å². The van der Waals surface area contributed by atoms with E-state index >= 15 is 0 Å². The quantitative estimate of drug-likeness (QED) is 0.204. The number of hydrogen-bond donors (Lipinski definition) is 0. The second-order valence-electron chi connectivity index (χ2n) is 4.94. The van der Waals surface area contributed by atoms with Gasteiger partial charge in [-0.3, -0.25) is 0 Å². The Morgan fingerprint density at radius 1 is 1.00 bits per heavy atom. The second-order valence-corrected chi connectivity index (χ2v) is 11.0. The molecule has 0 N–H and O–H groups in total. The zero-order chi connectivity index (χ0) is 16.6. The lowest BCUT2D eigenvalue weighted by molar-refractivity contribution is 0.585. The van der Waals surface area contributed by atoms with Gasteiger partial charge in [0.1, 0.15) is 0 Å². The van der Waals surface area contributed by atoms with Gasteiger partial charge in [0.15, 0.2) is 4.33 Å². The Hall–Kier alpha value is 1.37. The van der Waals surface area contributed by atoms with Gasteiger partial charge in [-0.25, -0.2) is 0 Å². The van der Waals surface area contributed by atoms with Gasteiger partial charge in [-0.15, -0.1) is 11.6 Å². The highest BCUT2D eigenvalue weighted by atomic mass is 35.5. The van der Waals surface area contributed by atoms with Gasteiger partial charge in [0, 0.05) is 4.90 Å². The molecule has 0 fully saturated rings. The molecule has 0 radical (unpaired) electrons. The third kappa shape index (κ3) is 6.70. The molecule has 0 heterocycles. The Bertz CT molecular complexity index is 425. The van der Waals surface area contributed by atoms with E-state index in [2.05, 4.69) is 6.92 Å². The van der Waals surface area contributed by atoms with Crippen LogP contribution in [0.2, 0.25) is 0 Å². The molecule has 0 aliphatic carbocycles. The van der Waals surface area contributed by atoms with E-state index in [0.29, 0.717) is 6.42 Å². The molecule has 0 aromatic heterocycles. The van der Waals surface area contributed by atoms with Crippen LogP contribution in [0, 0.1) is 0 Å². The van der Waals surface area contributed by atoms with Gasteiger partial charge in [-0.2, -0.15) is 0 Å². The summed E-state index contributed by atoms with van der Waals surface area (Å²) in [6, 6.07) is 9.77. The van der Waals surface area contributed by atoms with Crippen LogP contribution in [0.4, 0.5) is 0 Å². The van der Waals surface area contributed by atoms with Crippen molar-refractivity contribution in [3.63, 3.8) is 0 Å². The van der Waals surface area contributed by atoms with Gasteiger partial charge >= 0.3 is 0 Å². The number of benzene rings is 1. The highest BCUT2D eigenvalue weighted by Gasteiger charge is 2.52. The molecule has 1 atom stereocenters. The summed E-state index contributed by atoms with van der Waals surface area (Å²) in [7, 11) is 2.64. The van der Waals surface area contributed by atoms with Gasteiger partial charge in [0.2, 0.25) is 3.67 Å². The van der Waals surface area contributed by atoms with Gasteiger partial charge < -0.3 is 0 Å². The first-order valence-corrected chi connectivity index (χ1v) is 11.2. The maximum Gasteiger partial charge on any atom is 0.207 e. The molecule has 22 heavy (non-hydrogen) atoms. The topological polar surface area (TPSA) is 0 Å². The van der Waals surface area contributed by atoms with Crippen molar-refractivity contribution in [1.29, 1.82) is 0 Å². The average molecular weight is 441 g/mol. The van der Waals surface area contributed by atoms with Crippen LogP contribution >= 0.6 is 79.6 Å². The first-order chi connectivity index (χ1) is 10.3. The highest BCUT2D eigenvalue weighted by molar-refractivity contribution is 8.77. The summed E-state index contributed by atoms with van der Waals surface area (Å²) >= 11 is 31.9. The van der Waals surface area contributed by atoms with Crippen LogP contribution in [0.1, 0.15) is 39.0 Å². The third-order valence-electron chi connectivity index (χ3n) is 3.08. The summed E-state index contributed by atoms with van der Waals surface area (Å²) in [6.45, 7) is 2.16. The molecule has 7 heteroatoms. The van der Waals surface area contributed by atoms with Crippen LogP contribution in [0.25, 0.3) is 0 Å². The molecule has 1 unspecified atom stereocenters. The number of hydrogen-bond acceptors (Lipinski definition) is 2. The normalized spacial score (nSPS) is 14.1.